The third-order valence-corrected chi connectivity index (χ3v) is 3.81. The first kappa shape index (κ1) is 13.9. The minimum Gasteiger partial charge on any atom is -0.508 e. The number of amides is 1. The minimum atomic E-state index is -0.0621. The fourth-order valence-electron chi connectivity index (χ4n) is 2.46. The first-order chi connectivity index (χ1) is 9.15. The predicted molar refractivity (Wildman–Crippen MR) is 75.3 cm³/mol. The van der Waals surface area contributed by atoms with Crippen LogP contribution in [0.15, 0.2) is 24.3 Å². The van der Waals surface area contributed by atoms with Gasteiger partial charge in [0.1, 0.15) is 5.75 Å². The molecule has 1 aromatic carbocycles. The molecule has 1 heterocycles. The molecule has 0 atom stereocenters. The molecule has 0 spiro atoms. The predicted octanol–water partition coefficient (Wildman–Crippen LogP) is 1.85. The highest BCUT2D eigenvalue weighted by Crippen LogP contribution is 2.18. The molecule has 0 unspecified atom stereocenters. The molecule has 1 aromatic rings. The number of benzene rings is 1. The van der Waals surface area contributed by atoms with E-state index in [4.69, 9.17) is 0 Å². The van der Waals surface area contributed by atoms with Gasteiger partial charge in [-0.2, -0.15) is 0 Å². The Morgan fingerprint density at radius 1 is 1.32 bits per heavy atom. The van der Waals surface area contributed by atoms with E-state index in [0.29, 0.717) is 5.56 Å². The number of hydrogen-bond acceptors (Lipinski definition) is 3. The Kier molecular flexibility index (Phi) is 4.80. The zero-order chi connectivity index (χ0) is 13.7. The SMILES string of the molecule is CN1CCC(CCNC(=O)c2ccc(O)cc2)CC1. The zero-order valence-electron chi connectivity index (χ0n) is 11.4. The second-order valence-electron chi connectivity index (χ2n) is 5.34. The number of rotatable bonds is 4. The molecule has 4 heteroatoms. The summed E-state index contributed by atoms with van der Waals surface area (Å²) in [5.41, 5.74) is 0.598. The number of nitrogens with one attached hydrogen (secondary N) is 1. The number of hydrogen-bond donors (Lipinski definition) is 2. The van der Waals surface area contributed by atoms with Crippen LogP contribution in [0.5, 0.6) is 5.75 Å². The average molecular weight is 262 g/mol. The summed E-state index contributed by atoms with van der Waals surface area (Å²) in [6.45, 7) is 3.06. The van der Waals surface area contributed by atoms with Gasteiger partial charge in [0.25, 0.3) is 5.91 Å². The molecule has 0 bridgehead atoms. The van der Waals surface area contributed by atoms with Crippen molar-refractivity contribution in [2.24, 2.45) is 5.92 Å². The van der Waals surface area contributed by atoms with Crippen LogP contribution in [-0.4, -0.2) is 42.6 Å². The number of carbonyl (C=O) groups excluding carboxylic acids is 1. The van der Waals surface area contributed by atoms with Gasteiger partial charge in [-0.3, -0.25) is 4.79 Å². The summed E-state index contributed by atoms with van der Waals surface area (Å²) in [5.74, 6) is 0.854. The van der Waals surface area contributed by atoms with Gasteiger partial charge in [-0.1, -0.05) is 0 Å². The number of phenols is 1. The van der Waals surface area contributed by atoms with Gasteiger partial charge in [-0.25, -0.2) is 0 Å². The number of piperidine rings is 1. The Hall–Kier alpha value is -1.55. The third-order valence-electron chi connectivity index (χ3n) is 3.81. The average Bonchev–Trinajstić information content (AvgIpc) is 2.41. The van der Waals surface area contributed by atoms with Crippen molar-refractivity contribution in [1.29, 1.82) is 0 Å². The van der Waals surface area contributed by atoms with Crippen molar-refractivity contribution in [3.63, 3.8) is 0 Å². The topological polar surface area (TPSA) is 52.6 Å². The van der Waals surface area contributed by atoms with Crippen LogP contribution in [-0.2, 0) is 0 Å². The molecule has 2 N–H and O–H groups in total. The van der Waals surface area contributed by atoms with E-state index in [1.165, 1.54) is 25.0 Å². The van der Waals surface area contributed by atoms with Crippen LogP contribution >= 0.6 is 0 Å². The minimum absolute atomic E-state index is 0.0621. The van der Waals surface area contributed by atoms with Crippen LogP contribution in [0.4, 0.5) is 0 Å². The summed E-state index contributed by atoms with van der Waals surface area (Å²) in [5, 5.41) is 12.1. The molecule has 0 aliphatic carbocycles. The molecule has 4 nitrogen and oxygen atoms in total. The highest BCUT2D eigenvalue weighted by molar-refractivity contribution is 5.94. The van der Waals surface area contributed by atoms with Crippen molar-refractivity contribution in [3.8, 4) is 5.75 Å². The van der Waals surface area contributed by atoms with Gasteiger partial charge in [0.2, 0.25) is 0 Å². The van der Waals surface area contributed by atoms with Crippen LogP contribution in [0.3, 0.4) is 0 Å². The highest BCUT2D eigenvalue weighted by atomic mass is 16.3. The maximum atomic E-state index is 11.8. The van der Waals surface area contributed by atoms with Crippen molar-refractivity contribution in [1.82, 2.24) is 10.2 Å². The van der Waals surface area contributed by atoms with Crippen LogP contribution < -0.4 is 5.32 Å². The lowest BCUT2D eigenvalue weighted by Crippen LogP contribution is -2.32. The molecular weight excluding hydrogens is 240 g/mol. The third kappa shape index (κ3) is 4.24. The van der Waals surface area contributed by atoms with Gasteiger partial charge in [0.15, 0.2) is 0 Å². The molecule has 1 saturated heterocycles. The van der Waals surface area contributed by atoms with Crippen molar-refractivity contribution in [2.45, 2.75) is 19.3 Å². The van der Waals surface area contributed by atoms with Gasteiger partial charge in [-0.15, -0.1) is 0 Å². The van der Waals surface area contributed by atoms with E-state index in [0.717, 1.165) is 32.0 Å². The Balaban J connectivity index is 1.70. The zero-order valence-corrected chi connectivity index (χ0v) is 11.4. The summed E-state index contributed by atoms with van der Waals surface area (Å²) >= 11 is 0. The maximum absolute atomic E-state index is 11.8. The largest absolute Gasteiger partial charge is 0.508 e. The Bertz CT molecular complexity index is 409. The summed E-state index contributed by atoms with van der Waals surface area (Å²) in [7, 11) is 2.16. The molecule has 1 amide bonds. The second-order valence-corrected chi connectivity index (χ2v) is 5.34. The second kappa shape index (κ2) is 6.57. The van der Waals surface area contributed by atoms with Gasteiger partial charge >= 0.3 is 0 Å². The molecule has 1 aliphatic heterocycles. The summed E-state index contributed by atoms with van der Waals surface area (Å²) in [6.07, 6.45) is 3.51. The van der Waals surface area contributed by atoms with Crippen LogP contribution in [0, 0.1) is 5.92 Å². The van der Waals surface area contributed by atoms with Crippen molar-refractivity contribution in [3.05, 3.63) is 29.8 Å². The van der Waals surface area contributed by atoms with Gasteiger partial charge in [-0.05, 0) is 69.6 Å². The van der Waals surface area contributed by atoms with E-state index < -0.39 is 0 Å². The van der Waals surface area contributed by atoms with E-state index in [1.54, 1.807) is 12.1 Å². The lowest BCUT2D eigenvalue weighted by atomic mass is 9.94. The quantitative estimate of drug-likeness (QED) is 0.870. The number of phenolic OH excluding ortho intramolecular Hbond substituents is 1. The Morgan fingerprint density at radius 3 is 2.58 bits per heavy atom. The van der Waals surface area contributed by atoms with Crippen molar-refractivity contribution >= 4 is 5.91 Å². The van der Waals surface area contributed by atoms with Crippen molar-refractivity contribution < 1.29 is 9.90 Å². The fraction of sp³-hybridized carbons (Fsp3) is 0.533. The maximum Gasteiger partial charge on any atom is 0.251 e. The first-order valence-corrected chi connectivity index (χ1v) is 6.91. The van der Waals surface area contributed by atoms with E-state index >= 15 is 0 Å². The number of carbonyl (C=O) groups is 1. The molecule has 104 valence electrons. The summed E-state index contributed by atoms with van der Waals surface area (Å²) in [6, 6.07) is 6.35. The number of aromatic hydroxyl groups is 1. The van der Waals surface area contributed by atoms with Crippen LogP contribution in [0.1, 0.15) is 29.6 Å². The standard InChI is InChI=1S/C15H22N2O2/c1-17-10-7-12(8-11-17)6-9-16-15(19)13-2-4-14(18)5-3-13/h2-5,12,18H,6-11H2,1H3,(H,16,19). The smallest absolute Gasteiger partial charge is 0.251 e. The van der Waals surface area contributed by atoms with Crippen LogP contribution in [0.2, 0.25) is 0 Å². The van der Waals surface area contributed by atoms with Gasteiger partial charge in [0, 0.05) is 12.1 Å². The van der Waals surface area contributed by atoms with E-state index in [-0.39, 0.29) is 11.7 Å². The molecule has 0 radical (unpaired) electrons. The van der Waals surface area contributed by atoms with E-state index in [1.807, 2.05) is 0 Å². The Labute approximate surface area is 114 Å². The highest BCUT2D eigenvalue weighted by Gasteiger charge is 2.16. The monoisotopic (exact) mass is 262 g/mol. The van der Waals surface area contributed by atoms with Gasteiger partial charge in [0.05, 0.1) is 0 Å². The fourth-order valence-corrected chi connectivity index (χ4v) is 2.46. The van der Waals surface area contributed by atoms with Gasteiger partial charge < -0.3 is 15.3 Å². The van der Waals surface area contributed by atoms with Crippen molar-refractivity contribution in [2.75, 3.05) is 26.7 Å². The molecule has 0 saturated carbocycles. The molecule has 19 heavy (non-hydrogen) atoms. The molecule has 0 aromatic heterocycles. The molecular formula is C15H22N2O2. The Morgan fingerprint density at radius 2 is 1.95 bits per heavy atom. The summed E-state index contributed by atoms with van der Waals surface area (Å²) in [4.78, 5) is 14.2. The lowest BCUT2D eigenvalue weighted by molar-refractivity contribution is 0.0949. The lowest BCUT2D eigenvalue weighted by Gasteiger charge is -2.28. The number of likely N-dealkylation sites (tertiary alicyclic amines) is 1. The summed E-state index contributed by atoms with van der Waals surface area (Å²) < 4.78 is 0. The molecule has 1 aliphatic rings. The first-order valence-electron chi connectivity index (χ1n) is 6.91. The molecule has 1 fully saturated rings. The normalized spacial score (nSPS) is 17.3. The van der Waals surface area contributed by atoms with E-state index in [9.17, 15) is 9.90 Å². The molecule has 2 rings (SSSR count). The van der Waals surface area contributed by atoms with Crippen LogP contribution in [0.25, 0.3) is 0 Å². The van der Waals surface area contributed by atoms with E-state index in [2.05, 4.69) is 17.3 Å². The number of nitrogens with zero attached hydrogens (tertiary/aromatic N) is 1.